The Morgan fingerprint density at radius 2 is 1.58 bits per heavy atom. The summed E-state index contributed by atoms with van der Waals surface area (Å²) in [4.78, 5) is 38.5. The molecular weight excluding hydrogens is 660 g/mol. The monoisotopic (exact) mass is 714 g/mol. The summed E-state index contributed by atoms with van der Waals surface area (Å²) in [5.74, 6) is -0.990. The number of esters is 1. The van der Waals surface area contributed by atoms with E-state index in [9.17, 15) is 19.5 Å². The van der Waals surface area contributed by atoms with Crippen LogP contribution in [0.25, 0.3) is 11.1 Å². The van der Waals surface area contributed by atoms with Crippen molar-refractivity contribution in [2.24, 2.45) is 0 Å². The van der Waals surface area contributed by atoms with Crippen LogP contribution in [0.1, 0.15) is 113 Å². The fraction of sp³-hybridized carbons (Fsp3) is 0.500. The van der Waals surface area contributed by atoms with Crippen molar-refractivity contribution in [2.75, 3.05) is 13.1 Å². The summed E-state index contributed by atoms with van der Waals surface area (Å²) in [5, 5.41) is 21.4. The van der Waals surface area contributed by atoms with Gasteiger partial charge in [0.1, 0.15) is 11.6 Å². The average Bonchev–Trinajstić information content (AvgIpc) is 3.60. The van der Waals surface area contributed by atoms with Crippen LogP contribution in [0.2, 0.25) is 0 Å². The molecule has 2 saturated heterocycles. The summed E-state index contributed by atoms with van der Waals surface area (Å²) in [5.41, 5.74) is 5.21. The molecule has 0 saturated carbocycles. The smallest absolute Gasteiger partial charge is 0.323 e. The Kier molecular flexibility index (Phi) is 14.0. The third-order valence-electron chi connectivity index (χ3n) is 9.63. The summed E-state index contributed by atoms with van der Waals surface area (Å²) >= 11 is 0. The van der Waals surface area contributed by atoms with E-state index < -0.39 is 17.9 Å². The first kappa shape index (κ1) is 39.1. The van der Waals surface area contributed by atoms with Gasteiger partial charge in [-0.15, -0.1) is 0 Å². The lowest BCUT2D eigenvalue weighted by Gasteiger charge is -2.38. The van der Waals surface area contributed by atoms with E-state index >= 15 is 0 Å². The third kappa shape index (κ3) is 11.5. The van der Waals surface area contributed by atoms with Gasteiger partial charge in [-0.25, -0.2) is 0 Å². The van der Waals surface area contributed by atoms with Gasteiger partial charge in [-0.2, -0.15) is 0 Å². The molecule has 10 nitrogen and oxygen atoms in total. The molecule has 2 fully saturated rings. The van der Waals surface area contributed by atoms with Crippen LogP contribution in [-0.2, 0) is 41.7 Å². The Bertz CT molecular complexity index is 1620. The highest BCUT2D eigenvalue weighted by atomic mass is 16.7. The average molecular weight is 715 g/mol. The molecule has 4 atom stereocenters. The fourth-order valence-electron chi connectivity index (χ4n) is 6.95. The van der Waals surface area contributed by atoms with Crippen LogP contribution in [0, 0.1) is 0 Å². The Hall–Kier alpha value is -4.09. The minimum atomic E-state index is -0.783. The minimum Gasteiger partial charge on any atom is -0.481 e. The third-order valence-corrected chi connectivity index (χ3v) is 9.63. The molecule has 0 radical (unpaired) electrons. The predicted molar refractivity (Wildman–Crippen MR) is 198 cm³/mol. The Morgan fingerprint density at radius 1 is 0.885 bits per heavy atom. The lowest BCUT2D eigenvalue weighted by molar-refractivity contribution is -0.253. The van der Waals surface area contributed by atoms with E-state index in [0.29, 0.717) is 32.4 Å². The Labute approximate surface area is 307 Å². The topological polar surface area (TPSA) is 135 Å². The van der Waals surface area contributed by atoms with E-state index in [0.717, 1.165) is 72.0 Å². The first-order valence-electron chi connectivity index (χ1n) is 18.6. The molecule has 0 aliphatic carbocycles. The number of aliphatic hydroxyl groups excluding tert-OH is 1. The number of ether oxygens (including phenoxy) is 3. The maximum absolute atomic E-state index is 13.1. The molecule has 5 rings (SSSR count). The molecule has 3 aromatic carbocycles. The van der Waals surface area contributed by atoms with E-state index in [1.807, 2.05) is 93.6 Å². The van der Waals surface area contributed by atoms with Crippen LogP contribution in [0.4, 0.5) is 0 Å². The van der Waals surface area contributed by atoms with Gasteiger partial charge >= 0.3 is 11.9 Å². The number of likely N-dealkylation sites (tertiary alicyclic amines) is 1. The van der Waals surface area contributed by atoms with Gasteiger partial charge in [0, 0.05) is 37.9 Å². The molecule has 10 heteroatoms. The van der Waals surface area contributed by atoms with Gasteiger partial charge in [0.2, 0.25) is 5.91 Å². The standard InChI is InChI=1S/C42H54N2O8/c1-42(2,3)52-40(49)36-13-10-24-44(36)27-34-25-37(31-18-16-29(28-45)17-19-31)51-41(50-34)32-22-20-30(21-23-32)35-12-9-8-11-33(35)26-43-38(46)14-6-4-5-7-15-39(47)48/h8-9,11-12,16-23,34,36-37,41,45H,4-7,10,13-15,24-28H2,1-3H3,(H,43,46)(H,47,48). The van der Waals surface area contributed by atoms with Gasteiger partial charge in [0.25, 0.3) is 0 Å². The molecule has 3 N–H and O–H groups in total. The molecule has 2 aliphatic rings. The maximum Gasteiger partial charge on any atom is 0.323 e. The van der Waals surface area contributed by atoms with Crippen LogP contribution in [-0.4, -0.2) is 63.8 Å². The number of carbonyl (C=O) groups is 3. The van der Waals surface area contributed by atoms with Crippen LogP contribution in [0.3, 0.4) is 0 Å². The number of nitrogens with one attached hydrogen (secondary N) is 1. The van der Waals surface area contributed by atoms with Gasteiger partial charge in [-0.3, -0.25) is 19.3 Å². The molecule has 2 aliphatic heterocycles. The number of aliphatic hydroxyl groups is 1. The van der Waals surface area contributed by atoms with Crippen molar-refractivity contribution in [3.63, 3.8) is 0 Å². The largest absolute Gasteiger partial charge is 0.481 e. The highest BCUT2D eigenvalue weighted by Crippen LogP contribution is 2.39. The summed E-state index contributed by atoms with van der Waals surface area (Å²) in [7, 11) is 0. The van der Waals surface area contributed by atoms with Gasteiger partial charge in [-0.1, -0.05) is 85.6 Å². The van der Waals surface area contributed by atoms with Crippen molar-refractivity contribution in [2.45, 2.75) is 122 Å². The van der Waals surface area contributed by atoms with E-state index in [-0.39, 0.29) is 43.2 Å². The zero-order valence-electron chi connectivity index (χ0n) is 30.7. The van der Waals surface area contributed by atoms with Gasteiger partial charge in [0.15, 0.2) is 6.29 Å². The first-order chi connectivity index (χ1) is 25.0. The number of carbonyl (C=O) groups excluding carboxylic acids is 2. The molecule has 2 heterocycles. The van der Waals surface area contributed by atoms with Crippen LogP contribution < -0.4 is 5.32 Å². The summed E-state index contributed by atoms with van der Waals surface area (Å²) in [6.45, 7) is 7.44. The number of carboxylic acid groups (broad SMARTS) is 1. The Morgan fingerprint density at radius 3 is 2.27 bits per heavy atom. The number of nitrogens with zero attached hydrogens (tertiary/aromatic N) is 1. The molecule has 280 valence electrons. The molecule has 4 unspecified atom stereocenters. The quantitative estimate of drug-likeness (QED) is 0.104. The minimum absolute atomic E-state index is 0.0172. The van der Waals surface area contributed by atoms with Crippen molar-refractivity contribution in [1.29, 1.82) is 0 Å². The van der Waals surface area contributed by atoms with Crippen molar-refractivity contribution in [3.05, 3.63) is 95.1 Å². The number of carboxylic acids is 1. The second-order valence-electron chi connectivity index (χ2n) is 14.9. The number of unbranched alkanes of at least 4 members (excludes halogenated alkanes) is 3. The molecule has 52 heavy (non-hydrogen) atoms. The Balaban J connectivity index is 1.26. The second kappa shape index (κ2) is 18.6. The zero-order chi connectivity index (χ0) is 37.1. The molecular formula is C42H54N2O8. The van der Waals surface area contributed by atoms with Crippen LogP contribution >= 0.6 is 0 Å². The fourth-order valence-corrected chi connectivity index (χ4v) is 6.95. The predicted octanol–water partition coefficient (Wildman–Crippen LogP) is 7.24. The maximum atomic E-state index is 13.1. The number of benzene rings is 3. The molecule has 0 aromatic heterocycles. The number of rotatable bonds is 16. The lowest BCUT2D eigenvalue weighted by Crippen LogP contribution is -2.45. The molecule has 0 bridgehead atoms. The molecule has 1 amide bonds. The van der Waals surface area contributed by atoms with Gasteiger partial charge in [-0.05, 0) is 80.8 Å². The first-order valence-corrected chi connectivity index (χ1v) is 18.6. The van der Waals surface area contributed by atoms with Crippen molar-refractivity contribution in [3.8, 4) is 11.1 Å². The highest BCUT2D eigenvalue weighted by Gasteiger charge is 2.39. The van der Waals surface area contributed by atoms with E-state index in [4.69, 9.17) is 19.3 Å². The van der Waals surface area contributed by atoms with Gasteiger partial charge < -0.3 is 29.7 Å². The number of aliphatic carboxylic acids is 1. The van der Waals surface area contributed by atoms with E-state index in [1.54, 1.807) is 0 Å². The SMILES string of the molecule is CC(C)(C)OC(=O)C1CCCN1CC1CC(c2ccc(CO)cc2)OC(c2ccc(-c3ccccc3CNC(=O)CCCCCCC(=O)O)cc2)O1. The van der Waals surface area contributed by atoms with E-state index in [2.05, 4.69) is 10.2 Å². The zero-order valence-corrected chi connectivity index (χ0v) is 30.7. The number of hydrogen-bond acceptors (Lipinski definition) is 8. The summed E-state index contributed by atoms with van der Waals surface area (Å²) in [6, 6.07) is 23.7. The normalized spacial score (nSPS) is 20.8. The lowest BCUT2D eigenvalue weighted by atomic mass is 9.97. The highest BCUT2D eigenvalue weighted by molar-refractivity contribution is 5.77. The molecule has 3 aromatic rings. The number of hydrogen-bond donors (Lipinski definition) is 3. The van der Waals surface area contributed by atoms with Gasteiger partial charge in [0.05, 0.1) is 18.8 Å². The van der Waals surface area contributed by atoms with Crippen LogP contribution in [0.5, 0.6) is 0 Å². The second-order valence-corrected chi connectivity index (χ2v) is 14.9. The molecule has 0 spiro atoms. The van der Waals surface area contributed by atoms with Crippen molar-refractivity contribution < 1.29 is 38.8 Å². The van der Waals surface area contributed by atoms with Crippen molar-refractivity contribution in [1.82, 2.24) is 10.2 Å². The van der Waals surface area contributed by atoms with Crippen molar-refractivity contribution >= 4 is 17.8 Å². The number of amides is 1. The summed E-state index contributed by atoms with van der Waals surface area (Å²) in [6.07, 6.45) is 4.83. The summed E-state index contributed by atoms with van der Waals surface area (Å²) < 4.78 is 19.0. The van der Waals surface area contributed by atoms with Crippen LogP contribution in [0.15, 0.2) is 72.8 Å². The van der Waals surface area contributed by atoms with E-state index in [1.165, 1.54) is 0 Å².